The van der Waals surface area contributed by atoms with Crippen molar-refractivity contribution in [2.24, 2.45) is 0 Å². The summed E-state index contributed by atoms with van der Waals surface area (Å²) in [6, 6.07) is 5.88. The lowest BCUT2D eigenvalue weighted by molar-refractivity contribution is -0.384. The van der Waals surface area contributed by atoms with E-state index in [1.807, 2.05) is 13.8 Å². The topological polar surface area (TPSA) is 90.2 Å². The first-order chi connectivity index (χ1) is 10.0. The minimum atomic E-state index is -0.451. The minimum absolute atomic E-state index is 0.0186. The highest BCUT2D eigenvalue weighted by Gasteiger charge is 2.16. The van der Waals surface area contributed by atoms with Crippen LogP contribution < -0.4 is 10.1 Å². The molecule has 2 aromatic rings. The van der Waals surface area contributed by atoms with Gasteiger partial charge in [0.2, 0.25) is 5.88 Å². The second-order valence-corrected chi connectivity index (χ2v) is 4.70. The molecule has 0 amide bonds. The molecule has 0 aliphatic rings. The Morgan fingerprint density at radius 3 is 2.43 bits per heavy atom. The van der Waals surface area contributed by atoms with Crippen molar-refractivity contribution in [2.45, 2.75) is 19.8 Å². The van der Waals surface area contributed by atoms with Gasteiger partial charge in [0.1, 0.15) is 17.9 Å². The molecule has 21 heavy (non-hydrogen) atoms. The fourth-order valence-corrected chi connectivity index (χ4v) is 1.93. The van der Waals surface area contributed by atoms with Crippen LogP contribution in [0.3, 0.4) is 0 Å². The zero-order chi connectivity index (χ0) is 15.4. The monoisotopic (exact) mass is 288 g/mol. The lowest BCUT2D eigenvalue weighted by Gasteiger charge is -2.15. The highest BCUT2D eigenvalue weighted by molar-refractivity contribution is 5.51. The third-order valence-corrected chi connectivity index (χ3v) is 2.92. The highest BCUT2D eigenvalue weighted by Crippen LogP contribution is 2.33. The molecule has 0 bridgehead atoms. The molecule has 2 rings (SSSR count). The molecule has 0 fully saturated rings. The number of nitrogens with one attached hydrogen (secondary N) is 1. The van der Waals surface area contributed by atoms with E-state index in [0.717, 1.165) is 5.56 Å². The number of nitrogens with zero attached hydrogens (tertiary/aromatic N) is 3. The summed E-state index contributed by atoms with van der Waals surface area (Å²) in [6.07, 6.45) is 1.42. The molecule has 1 aromatic carbocycles. The predicted molar refractivity (Wildman–Crippen MR) is 78.8 cm³/mol. The summed E-state index contributed by atoms with van der Waals surface area (Å²) in [7, 11) is 1.78. The van der Waals surface area contributed by atoms with Crippen molar-refractivity contribution in [2.75, 3.05) is 12.4 Å². The molecule has 0 unspecified atom stereocenters. The number of anilines is 1. The molecule has 0 radical (unpaired) electrons. The van der Waals surface area contributed by atoms with Gasteiger partial charge in [-0.15, -0.1) is 0 Å². The van der Waals surface area contributed by atoms with E-state index in [-0.39, 0.29) is 11.6 Å². The number of hydrogen-bond acceptors (Lipinski definition) is 6. The van der Waals surface area contributed by atoms with Crippen LogP contribution in [0.1, 0.15) is 25.3 Å². The number of non-ortho nitro benzene ring substituents is 1. The van der Waals surface area contributed by atoms with Crippen LogP contribution in [0.15, 0.2) is 30.6 Å². The van der Waals surface area contributed by atoms with Crippen LogP contribution in [0, 0.1) is 10.1 Å². The van der Waals surface area contributed by atoms with E-state index in [2.05, 4.69) is 15.3 Å². The van der Waals surface area contributed by atoms with Crippen molar-refractivity contribution in [3.63, 3.8) is 0 Å². The second kappa shape index (κ2) is 6.17. The maximum atomic E-state index is 10.6. The van der Waals surface area contributed by atoms with Gasteiger partial charge in [-0.2, -0.15) is 0 Å². The standard InChI is InChI=1S/C14H16N4O3/c1-9(2)12-13(15-3)16-8-17-14(12)21-11-6-4-10(5-7-11)18(19)20/h4-9H,1-3H3,(H,15,16,17). The van der Waals surface area contributed by atoms with Gasteiger partial charge < -0.3 is 10.1 Å². The fourth-order valence-electron chi connectivity index (χ4n) is 1.93. The summed E-state index contributed by atoms with van der Waals surface area (Å²) in [6.45, 7) is 4.03. The van der Waals surface area contributed by atoms with E-state index < -0.39 is 4.92 Å². The lowest BCUT2D eigenvalue weighted by Crippen LogP contribution is -2.04. The van der Waals surface area contributed by atoms with Crippen LogP contribution in [-0.2, 0) is 0 Å². The smallest absolute Gasteiger partial charge is 0.269 e. The zero-order valence-electron chi connectivity index (χ0n) is 12.0. The molecular weight excluding hydrogens is 272 g/mol. The van der Waals surface area contributed by atoms with E-state index in [1.54, 1.807) is 19.2 Å². The first-order valence-corrected chi connectivity index (χ1v) is 6.48. The van der Waals surface area contributed by atoms with Crippen LogP contribution >= 0.6 is 0 Å². The molecule has 1 aromatic heterocycles. The molecule has 7 heteroatoms. The van der Waals surface area contributed by atoms with Gasteiger partial charge in [0.15, 0.2) is 0 Å². The summed E-state index contributed by atoms with van der Waals surface area (Å²) in [5.41, 5.74) is 0.878. The molecule has 1 heterocycles. The van der Waals surface area contributed by atoms with Crippen LogP contribution in [0.5, 0.6) is 11.6 Å². The molecule has 0 spiro atoms. The molecule has 1 N–H and O–H groups in total. The normalized spacial score (nSPS) is 10.5. The third-order valence-electron chi connectivity index (χ3n) is 2.92. The Bertz CT molecular complexity index is 641. The van der Waals surface area contributed by atoms with Crippen molar-refractivity contribution in [3.8, 4) is 11.6 Å². The van der Waals surface area contributed by atoms with Gasteiger partial charge in [-0.3, -0.25) is 10.1 Å². The fraction of sp³-hybridized carbons (Fsp3) is 0.286. The number of hydrogen-bond donors (Lipinski definition) is 1. The van der Waals surface area contributed by atoms with Crippen molar-refractivity contribution in [3.05, 3.63) is 46.3 Å². The van der Waals surface area contributed by atoms with Crippen LogP contribution in [0.2, 0.25) is 0 Å². The van der Waals surface area contributed by atoms with Gasteiger partial charge in [-0.25, -0.2) is 9.97 Å². The van der Waals surface area contributed by atoms with Crippen molar-refractivity contribution >= 4 is 11.5 Å². The number of nitro groups is 1. The van der Waals surface area contributed by atoms with E-state index in [9.17, 15) is 10.1 Å². The summed E-state index contributed by atoms with van der Waals surface area (Å²) in [5.74, 6) is 1.81. The SMILES string of the molecule is CNc1ncnc(Oc2ccc([N+](=O)[O-])cc2)c1C(C)C. The maximum absolute atomic E-state index is 10.6. The van der Waals surface area contributed by atoms with Crippen molar-refractivity contribution in [1.29, 1.82) is 0 Å². The number of ether oxygens (including phenoxy) is 1. The lowest BCUT2D eigenvalue weighted by atomic mass is 10.1. The highest BCUT2D eigenvalue weighted by atomic mass is 16.6. The van der Waals surface area contributed by atoms with Crippen LogP contribution in [0.25, 0.3) is 0 Å². The average Bonchev–Trinajstić information content (AvgIpc) is 2.47. The average molecular weight is 288 g/mol. The summed E-state index contributed by atoms with van der Waals surface area (Å²) in [5, 5.41) is 13.6. The van der Waals surface area contributed by atoms with E-state index in [0.29, 0.717) is 17.4 Å². The van der Waals surface area contributed by atoms with E-state index >= 15 is 0 Å². The van der Waals surface area contributed by atoms with Crippen molar-refractivity contribution in [1.82, 2.24) is 9.97 Å². The molecule has 0 aliphatic heterocycles. The Morgan fingerprint density at radius 2 is 1.90 bits per heavy atom. The quantitative estimate of drug-likeness (QED) is 0.670. The molecule has 110 valence electrons. The first kappa shape index (κ1) is 14.7. The van der Waals surface area contributed by atoms with Crippen LogP contribution in [0.4, 0.5) is 11.5 Å². The van der Waals surface area contributed by atoms with Gasteiger partial charge in [-0.1, -0.05) is 13.8 Å². The first-order valence-electron chi connectivity index (χ1n) is 6.48. The summed E-state index contributed by atoms with van der Waals surface area (Å²) in [4.78, 5) is 18.5. The largest absolute Gasteiger partial charge is 0.439 e. The number of nitro benzene ring substituents is 1. The number of benzene rings is 1. The Morgan fingerprint density at radius 1 is 1.24 bits per heavy atom. The molecule has 7 nitrogen and oxygen atoms in total. The van der Waals surface area contributed by atoms with Gasteiger partial charge in [-0.05, 0) is 18.1 Å². The minimum Gasteiger partial charge on any atom is -0.439 e. The van der Waals surface area contributed by atoms with Gasteiger partial charge in [0.25, 0.3) is 5.69 Å². The molecule has 0 saturated carbocycles. The summed E-state index contributed by atoms with van der Waals surface area (Å²) >= 11 is 0. The van der Waals surface area contributed by atoms with Gasteiger partial charge in [0.05, 0.1) is 10.5 Å². The number of rotatable bonds is 5. The molecule has 0 atom stereocenters. The predicted octanol–water partition coefficient (Wildman–Crippen LogP) is 3.34. The number of aromatic nitrogens is 2. The summed E-state index contributed by atoms with van der Waals surface area (Å²) < 4.78 is 5.73. The maximum Gasteiger partial charge on any atom is 0.269 e. The van der Waals surface area contributed by atoms with Crippen molar-refractivity contribution < 1.29 is 9.66 Å². The van der Waals surface area contributed by atoms with Crippen LogP contribution in [-0.4, -0.2) is 21.9 Å². The van der Waals surface area contributed by atoms with Gasteiger partial charge >= 0.3 is 0 Å². The third kappa shape index (κ3) is 3.25. The Hall–Kier alpha value is -2.70. The second-order valence-electron chi connectivity index (χ2n) is 4.70. The Balaban J connectivity index is 2.33. The Labute approximate surface area is 122 Å². The molecule has 0 saturated heterocycles. The van der Waals surface area contributed by atoms with E-state index in [1.165, 1.54) is 18.5 Å². The zero-order valence-corrected chi connectivity index (χ0v) is 12.0. The Kier molecular flexibility index (Phi) is 4.32. The molecular formula is C14H16N4O3. The van der Waals surface area contributed by atoms with Gasteiger partial charge in [0, 0.05) is 19.2 Å². The van der Waals surface area contributed by atoms with E-state index in [4.69, 9.17) is 4.74 Å². The molecule has 0 aliphatic carbocycles.